The van der Waals surface area contributed by atoms with Crippen molar-refractivity contribution in [3.05, 3.63) is 0 Å². The minimum Gasteiger partial charge on any atom is -0.427 e. The molecule has 1 atom stereocenters. The third-order valence-corrected chi connectivity index (χ3v) is 1.08. The number of terminal acetylenes is 1. The summed E-state index contributed by atoms with van der Waals surface area (Å²) in [6.07, 6.45) is 5.97. The van der Waals surface area contributed by atoms with Gasteiger partial charge in [0.2, 0.25) is 0 Å². The van der Waals surface area contributed by atoms with Crippen molar-refractivity contribution in [2.75, 3.05) is 0 Å². The lowest BCUT2D eigenvalue weighted by Gasteiger charge is -2.04. The smallest absolute Gasteiger partial charge is 0.427 e. The van der Waals surface area contributed by atoms with Crippen LogP contribution in [0.5, 0.6) is 0 Å². The Bertz CT molecular complexity index is 106. The molecule has 2 N–H and O–H groups in total. The highest BCUT2D eigenvalue weighted by molar-refractivity contribution is 6.41. The second-order valence-electron chi connectivity index (χ2n) is 2.23. The Labute approximate surface area is 56.0 Å². The van der Waals surface area contributed by atoms with E-state index in [-0.39, 0.29) is 5.92 Å². The maximum atomic E-state index is 8.44. The summed E-state index contributed by atoms with van der Waals surface area (Å²) in [5.74, 6) is 2.65. The Hall–Kier alpha value is -0.455. The molecule has 0 rings (SSSR count). The first-order valence-electron chi connectivity index (χ1n) is 2.96. The van der Waals surface area contributed by atoms with Gasteiger partial charge < -0.3 is 10.0 Å². The second kappa shape index (κ2) is 4.43. The summed E-state index contributed by atoms with van der Waals surface area (Å²) in [6.45, 7) is 1.89. The van der Waals surface area contributed by atoms with Gasteiger partial charge in [-0.2, -0.15) is 0 Å². The molecule has 50 valence electrons. The minimum atomic E-state index is -1.21. The molecule has 0 amide bonds. The van der Waals surface area contributed by atoms with Crippen LogP contribution >= 0.6 is 0 Å². The van der Waals surface area contributed by atoms with Gasteiger partial charge in [-0.15, -0.1) is 12.3 Å². The molecule has 0 aliphatic carbocycles. The molecule has 0 unspecified atom stereocenters. The van der Waals surface area contributed by atoms with E-state index in [9.17, 15) is 0 Å². The average molecular weight is 126 g/mol. The summed E-state index contributed by atoms with van der Waals surface area (Å²) in [7, 11) is -1.21. The highest BCUT2D eigenvalue weighted by Crippen LogP contribution is 2.07. The van der Waals surface area contributed by atoms with Crippen LogP contribution in [0.4, 0.5) is 0 Å². The van der Waals surface area contributed by atoms with Crippen molar-refractivity contribution in [3.8, 4) is 12.3 Å². The van der Waals surface area contributed by atoms with Gasteiger partial charge in [-0.05, 0) is 12.2 Å². The van der Waals surface area contributed by atoms with Crippen LogP contribution in [0.1, 0.15) is 13.3 Å². The molecule has 3 heteroatoms. The van der Waals surface area contributed by atoms with Gasteiger partial charge in [-0.1, -0.05) is 6.92 Å². The van der Waals surface area contributed by atoms with Gasteiger partial charge in [0.1, 0.15) is 0 Å². The Morgan fingerprint density at radius 3 is 2.56 bits per heavy atom. The zero-order valence-electron chi connectivity index (χ0n) is 5.54. The second-order valence-corrected chi connectivity index (χ2v) is 2.23. The molecule has 0 aromatic carbocycles. The molecular weight excluding hydrogens is 115 g/mol. The van der Waals surface area contributed by atoms with Crippen molar-refractivity contribution >= 4 is 7.12 Å². The van der Waals surface area contributed by atoms with E-state index in [2.05, 4.69) is 5.92 Å². The molecule has 0 aliphatic rings. The molecule has 0 fully saturated rings. The molecule has 0 saturated heterocycles. The first-order valence-corrected chi connectivity index (χ1v) is 2.96. The monoisotopic (exact) mass is 126 g/mol. The fraction of sp³-hybridized carbons (Fsp3) is 0.667. The summed E-state index contributed by atoms with van der Waals surface area (Å²) >= 11 is 0. The molecule has 0 spiro atoms. The van der Waals surface area contributed by atoms with E-state index in [1.54, 1.807) is 0 Å². The van der Waals surface area contributed by atoms with Gasteiger partial charge in [0.15, 0.2) is 0 Å². The Morgan fingerprint density at radius 2 is 2.22 bits per heavy atom. The topological polar surface area (TPSA) is 40.5 Å². The van der Waals surface area contributed by atoms with Crippen molar-refractivity contribution in [1.29, 1.82) is 0 Å². The van der Waals surface area contributed by atoms with Gasteiger partial charge in [-0.3, -0.25) is 0 Å². The SMILES string of the molecule is C#CC[C@@H](C)CB(O)O. The maximum Gasteiger partial charge on any atom is 0.451 e. The summed E-state index contributed by atoms with van der Waals surface area (Å²) in [5.41, 5.74) is 0. The molecule has 9 heavy (non-hydrogen) atoms. The first kappa shape index (κ1) is 8.54. The van der Waals surface area contributed by atoms with Crippen LogP contribution in [-0.2, 0) is 0 Å². The fourth-order valence-corrected chi connectivity index (χ4v) is 0.644. The molecule has 0 aromatic heterocycles. The summed E-state index contributed by atoms with van der Waals surface area (Å²) in [4.78, 5) is 0. The predicted molar refractivity (Wildman–Crippen MR) is 37.6 cm³/mol. The summed E-state index contributed by atoms with van der Waals surface area (Å²) in [5, 5.41) is 16.9. The van der Waals surface area contributed by atoms with Crippen molar-refractivity contribution in [2.45, 2.75) is 19.7 Å². The number of hydrogen-bond donors (Lipinski definition) is 2. The minimum absolute atomic E-state index is 0.204. The fourth-order valence-electron chi connectivity index (χ4n) is 0.644. The first-order chi connectivity index (χ1) is 4.16. The van der Waals surface area contributed by atoms with Gasteiger partial charge >= 0.3 is 7.12 Å². The molecule has 0 radical (unpaired) electrons. The van der Waals surface area contributed by atoms with Crippen molar-refractivity contribution in [2.24, 2.45) is 5.92 Å². The molecular formula is C6H11BO2. The van der Waals surface area contributed by atoms with Crippen LogP contribution in [0, 0.1) is 18.3 Å². The van der Waals surface area contributed by atoms with Crippen LogP contribution in [0.2, 0.25) is 6.32 Å². The van der Waals surface area contributed by atoms with Gasteiger partial charge in [0, 0.05) is 6.42 Å². The van der Waals surface area contributed by atoms with Crippen LogP contribution in [0.3, 0.4) is 0 Å². The Morgan fingerprint density at radius 1 is 1.67 bits per heavy atom. The molecule has 0 aromatic rings. The average Bonchev–Trinajstić information content (AvgIpc) is 1.63. The lowest BCUT2D eigenvalue weighted by Crippen LogP contribution is -2.14. The van der Waals surface area contributed by atoms with E-state index in [0.29, 0.717) is 12.7 Å². The van der Waals surface area contributed by atoms with Crippen molar-refractivity contribution in [3.63, 3.8) is 0 Å². The highest BCUT2D eigenvalue weighted by Gasteiger charge is 2.11. The van der Waals surface area contributed by atoms with Gasteiger partial charge in [-0.25, -0.2) is 0 Å². The maximum absolute atomic E-state index is 8.44. The lowest BCUT2D eigenvalue weighted by atomic mass is 9.78. The molecule has 0 heterocycles. The van der Waals surface area contributed by atoms with Gasteiger partial charge in [0.25, 0.3) is 0 Å². The highest BCUT2D eigenvalue weighted by atomic mass is 16.4. The van der Waals surface area contributed by atoms with Crippen LogP contribution in [0.15, 0.2) is 0 Å². The van der Waals surface area contributed by atoms with Crippen LogP contribution in [-0.4, -0.2) is 17.2 Å². The summed E-state index contributed by atoms with van der Waals surface area (Å²) in [6, 6.07) is 0. The Balaban J connectivity index is 3.29. The predicted octanol–water partition coefficient (Wildman–Crippen LogP) is 0.119. The normalized spacial score (nSPS) is 12.2. The third-order valence-electron chi connectivity index (χ3n) is 1.08. The van der Waals surface area contributed by atoms with E-state index in [1.165, 1.54) is 0 Å². The van der Waals surface area contributed by atoms with Crippen LogP contribution in [0.25, 0.3) is 0 Å². The van der Waals surface area contributed by atoms with Gasteiger partial charge in [0.05, 0.1) is 0 Å². The van der Waals surface area contributed by atoms with E-state index in [4.69, 9.17) is 16.5 Å². The van der Waals surface area contributed by atoms with E-state index < -0.39 is 7.12 Å². The van der Waals surface area contributed by atoms with Crippen molar-refractivity contribution < 1.29 is 10.0 Å². The zero-order chi connectivity index (χ0) is 7.28. The molecule has 2 nitrogen and oxygen atoms in total. The van der Waals surface area contributed by atoms with E-state index >= 15 is 0 Å². The third kappa shape index (κ3) is 5.42. The summed E-state index contributed by atoms with van der Waals surface area (Å²) < 4.78 is 0. The standard InChI is InChI=1S/C6H11BO2/c1-3-4-6(2)5-7(8)9/h1,6,8-9H,4-5H2,2H3/t6-/m1/s1. The zero-order valence-corrected chi connectivity index (χ0v) is 5.54. The lowest BCUT2D eigenvalue weighted by molar-refractivity contribution is 0.391. The van der Waals surface area contributed by atoms with E-state index in [1.807, 2.05) is 6.92 Å². The molecule has 0 saturated carbocycles. The van der Waals surface area contributed by atoms with Crippen molar-refractivity contribution in [1.82, 2.24) is 0 Å². The Kier molecular flexibility index (Phi) is 4.20. The quantitative estimate of drug-likeness (QED) is 0.416. The van der Waals surface area contributed by atoms with E-state index in [0.717, 1.165) is 0 Å². The molecule has 0 aliphatic heterocycles. The number of hydrogen-bond acceptors (Lipinski definition) is 2. The number of rotatable bonds is 3. The largest absolute Gasteiger partial charge is 0.451 e. The van der Waals surface area contributed by atoms with Crippen LogP contribution < -0.4 is 0 Å². The molecule has 0 bridgehead atoms.